The van der Waals surface area contributed by atoms with Gasteiger partial charge >= 0.3 is 0 Å². The summed E-state index contributed by atoms with van der Waals surface area (Å²) in [5, 5.41) is 4.96. The summed E-state index contributed by atoms with van der Waals surface area (Å²) >= 11 is 1.47. The Labute approximate surface area is 174 Å². The molecule has 0 radical (unpaired) electrons. The van der Waals surface area contributed by atoms with Gasteiger partial charge in [-0.3, -0.25) is 4.79 Å². The third-order valence-electron chi connectivity index (χ3n) is 5.01. The van der Waals surface area contributed by atoms with Crippen molar-refractivity contribution in [1.82, 2.24) is 4.98 Å². The molecule has 2 aromatic carbocycles. The first-order chi connectivity index (χ1) is 13.9. The van der Waals surface area contributed by atoms with Gasteiger partial charge in [0.2, 0.25) is 12.7 Å². The topological polar surface area (TPSA) is 60.5 Å². The zero-order valence-corrected chi connectivity index (χ0v) is 17.9. The van der Waals surface area contributed by atoms with Gasteiger partial charge in [0, 0.05) is 17.1 Å². The van der Waals surface area contributed by atoms with Crippen molar-refractivity contribution >= 4 is 34.3 Å². The maximum atomic E-state index is 12.6. The van der Waals surface area contributed by atoms with E-state index in [9.17, 15) is 4.79 Å². The van der Waals surface area contributed by atoms with E-state index in [0.29, 0.717) is 11.5 Å². The minimum atomic E-state index is -0.0281. The minimum absolute atomic E-state index is 0.0281. The molecule has 0 saturated heterocycles. The first-order valence-corrected chi connectivity index (χ1v) is 10.7. The average molecular weight is 409 g/mol. The number of rotatable bonds is 5. The van der Waals surface area contributed by atoms with E-state index in [0.717, 1.165) is 50.5 Å². The van der Waals surface area contributed by atoms with Crippen molar-refractivity contribution in [2.75, 3.05) is 17.9 Å². The number of nitrogens with one attached hydrogen (secondary N) is 1. The quantitative estimate of drug-likeness (QED) is 0.589. The molecule has 1 aliphatic rings. The summed E-state index contributed by atoms with van der Waals surface area (Å²) in [5.41, 5.74) is 6.22. The molecule has 4 rings (SSSR count). The zero-order valence-electron chi connectivity index (χ0n) is 17.1. The Hall–Kier alpha value is -2.73. The van der Waals surface area contributed by atoms with Gasteiger partial charge in [-0.2, -0.15) is 0 Å². The predicted molar refractivity (Wildman–Crippen MR) is 117 cm³/mol. The molecule has 2 heterocycles. The highest BCUT2D eigenvalue weighted by molar-refractivity contribution is 8.00. The normalized spacial score (nSPS) is 12.4. The Balaban J connectivity index is 1.53. The van der Waals surface area contributed by atoms with Gasteiger partial charge in [0.05, 0.1) is 11.3 Å². The molecule has 1 aromatic heterocycles. The van der Waals surface area contributed by atoms with Crippen molar-refractivity contribution in [1.29, 1.82) is 0 Å². The Kier molecular flexibility index (Phi) is 5.37. The number of anilines is 1. The second-order valence-electron chi connectivity index (χ2n) is 7.31. The summed E-state index contributed by atoms with van der Waals surface area (Å²) in [7, 11) is 0. The predicted octanol–water partition coefficient (Wildman–Crippen LogP) is 5.18. The highest BCUT2D eigenvalue weighted by atomic mass is 32.2. The van der Waals surface area contributed by atoms with E-state index < -0.39 is 0 Å². The third kappa shape index (κ3) is 4.03. The molecule has 3 aromatic rings. The molecule has 0 atom stereocenters. The number of fused-ring (bicyclic) bond motifs is 2. The van der Waals surface area contributed by atoms with Crippen molar-refractivity contribution in [3.05, 3.63) is 52.6 Å². The molecule has 0 bridgehead atoms. The zero-order chi connectivity index (χ0) is 20.5. The van der Waals surface area contributed by atoms with Crippen LogP contribution in [0.25, 0.3) is 10.9 Å². The van der Waals surface area contributed by atoms with Crippen LogP contribution in [-0.4, -0.2) is 23.4 Å². The molecule has 0 unspecified atom stereocenters. The number of nitrogens with zero attached hydrogens (tertiary/aromatic N) is 1. The summed E-state index contributed by atoms with van der Waals surface area (Å²) in [4.78, 5) is 17.4. The lowest BCUT2D eigenvalue weighted by molar-refractivity contribution is -0.113. The van der Waals surface area contributed by atoms with Crippen molar-refractivity contribution in [2.24, 2.45) is 0 Å². The average Bonchev–Trinajstić information content (AvgIpc) is 3.13. The van der Waals surface area contributed by atoms with Crippen LogP contribution in [0.4, 0.5) is 5.69 Å². The maximum absolute atomic E-state index is 12.6. The number of hydrogen-bond acceptors (Lipinski definition) is 5. The number of amides is 1. The number of carbonyl (C=O) groups excluding carboxylic acids is 1. The Bertz CT molecular complexity index is 1090. The second kappa shape index (κ2) is 7.95. The van der Waals surface area contributed by atoms with Crippen LogP contribution in [0.1, 0.15) is 29.2 Å². The fourth-order valence-electron chi connectivity index (χ4n) is 3.65. The first kappa shape index (κ1) is 19.6. The lowest BCUT2D eigenvalue weighted by Gasteiger charge is -2.13. The van der Waals surface area contributed by atoms with Crippen LogP contribution in [0.3, 0.4) is 0 Å². The lowest BCUT2D eigenvalue weighted by atomic mass is 10.1. The van der Waals surface area contributed by atoms with Crippen LogP contribution in [-0.2, 0) is 11.2 Å². The summed E-state index contributed by atoms with van der Waals surface area (Å²) < 4.78 is 10.9. The van der Waals surface area contributed by atoms with E-state index in [1.807, 2.05) is 26.0 Å². The molecular weight excluding hydrogens is 384 g/mol. The van der Waals surface area contributed by atoms with Crippen LogP contribution in [0.2, 0.25) is 0 Å². The standard InChI is InChI=1S/C23H24N2O3S/c1-5-16-8-17-9-19-20(28-12-27-19)10-18(17)24-23(16)29-11-21(26)25-22-14(3)6-13(2)7-15(22)4/h6-10H,5,11-12H2,1-4H3,(H,25,26). The van der Waals surface area contributed by atoms with E-state index in [1.54, 1.807) is 0 Å². The SMILES string of the molecule is CCc1cc2cc3c(cc2nc1SCC(=O)Nc1c(C)cc(C)cc1C)OCO3. The molecule has 6 heteroatoms. The molecule has 0 fully saturated rings. The van der Waals surface area contributed by atoms with Crippen LogP contribution in [0.15, 0.2) is 35.4 Å². The number of hydrogen-bond donors (Lipinski definition) is 1. The Morgan fingerprint density at radius 3 is 2.45 bits per heavy atom. The number of thioether (sulfide) groups is 1. The van der Waals surface area contributed by atoms with Gasteiger partial charge in [0.25, 0.3) is 0 Å². The van der Waals surface area contributed by atoms with Gasteiger partial charge in [-0.25, -0.2) is 4.98 Å². The molecule has 1 amide bonds. The van der Waals surface area contributed by atoms with E-state index >= 15 is 0 Å². The molecule has 150 valence electrons. The maximum Gasteiger partial charge on any atom is 0.234 e. The first-order valence-electron chi connectivity index (χ1n) is 9.68. The third-order valence-corrected chi connectivity index (χ3v) is 6.04. The van der Waals surface area contributed by atoms with E-state index in [2.05, 4.69) is 37.4 Å². The number of aryl methyl sites for hydroxylation is 4. The van der Waals surface area contributed by atoms with Crippen molar-refractivity contribution in [2.45, 2.75) is 39.1 Å². The largest absolute Gasteiger partial charge is 0.454 e. The molecule has 1 aliphatic heterocycles. The molecule has 1 N–H and O–H groups in total. The molecule has 5 nitrogen and oxygen atoms in total. The van der Waals surface area contributed by atoms with Crippen molar-refractivity contribution < 1.29 is 14.3 Å². The molecule has 0 saturated carbocycles. The minimum Gasteiger partial charge on any atom is -0.454 e. The highest BCUT2D eigenvalue weighted by Gasteiger charge is 2.17. The second-order valence-corrected chi connectivity index (χ2v) is 8.28. The fraction of sp³-hybridized carbons (Fsp3) is 0.304. The molecule has 0 aliphatic carbocycles. The highest BCUT2D eigenvalue weighted by Crippen LogP contribution is 2.37. The molecular formula is C23H24N2O3S. The number of carbonyl (C=O) groups is 1. The van der Waals surface area contributed by atoms with Crippen LogP contribution in [0.5, 0.6) is 11.5 Å². The van der Waals surface area contributed by atoms with Crippen LogP contribution < -0.4 is 14.8 Å². The summed E-state index contributed by atoms with van der Waals surface area (Å²) in [6.07, 6.45) is 0.845. The van der Waals surface area contributed by atoms with Crippen LogP contribution in [0, 0.1) is 20.8 Å². The van der Waals surface area contributed by atoms with Crippen LogP contribution >= 0.6 is 11.8 Å². The van der Waals surface area contributed by atoms with E-state index in [4.69, 9.17) is 14.5 Å². The van der Waals surface area contributed by atoms with Crippen molar-refractivity contribution in [3.63, 3.8) is 0 Å². The van der Waals surface area contributed by atoms with E-state index in [-0.39, 0.29) is 12.7 Å². The molecule has 29 heavy (non-hydrogen) atoms. The van der Waals surface area contributed by atoms with Gasteiger partial charge in [-0.05, 0) is 56.0 Å². The van der Waals surface area contributed by atoms with Gasteiger partial charge < -0.3 is 14.8 Å². The van der Waals surface area contributed by atoms with Gasteiger partial charge in [-0.1, -0.05) is 36.4 Å². The summed E-state index contributed by atoms with van der Waals surface area (Å²) in [6.45, 7) is 8.44. The number of benzene rings is 2. The number of aromatic nitrogens is 1. The number of pyridine rings is 1. The van der Waals surface area contributed by atoms with E-state index in [1.165, 1.54) is 17.3 Å². The number of ether oxygens (including phenoxy) is 2. The molecule has 0 spiro atoms. The Morgan fingerprint density at radius 1 is 1.07 bits per heavy atom. The summed E-state index contributed by atoms with van der Waals surface area (Å²) in [6, 6.07) is 10.2. The van der Waals surface area contributed by atoms with Crippen molar-refractivity contribution in [3.8, 4) is 11.5 Å². The fourth-order valence-corrected chi connectivity index (χ4v) is 4.55. The monoisotopic (exact) mass is 408 g/mol. The summed E-state index contributed by atoms with van der Waals surface area (Å²) in [5.74, 6) is 1.75. The Morgan fingerprint density at radius 2 is 1.76 bits per heavy atom. The smallest absolute Gasteiger partial charge is 0.234 e. The van der Waals surface area contributed by atoms with Gasteiger partial charge in [0.15, 0.2) is 11.5 Å². The van der Waals surface area contributed by atoms with Gasteiger partial charge in [0.1, 0.15) is 5.03 Å². The van der Waals surface area contributed by atoms with Gasteiger partial charge in [-0.15, -0.1) is 0 Å². The lowest BCUT2D eigenvalue weighted by Crippen LogP contribution is -2.16.